The summed E-state index contributed by atoms with van der Waals surface area (Å²) in [6.07, 6.45) is 0. The van der Waals surface area contributed by atoms with Gasteiger partial charge in [-0.25, -0.2) is 4.98 Å². The molecule has 118 valence electrons. The van der Waals surface area contributed by atoms with E-state index in [2.05, 4.69) is 4.98 Å². The van der Waals surface area contributed by atoms with E-state index in [1.165, 1.54) is 18.2 Å². The first-order valence-electron chi connectivity index (χ1n) is 6.97. The van der Waals surface area contributed by atoms with E-state index in [1.54, 1.807) is 32.0 Å². The van der Waals surface area contributed by atoms with Crippen LogP contribution in [0.25, 0.3) is 10.9 Å². The molecule has 0 saturated carbocycles. The van der Waals surface area contributed by atoms with Crippen molar-refractivity contribution in [2.45, 2.75) is 18.9 Å². The van der Waals surface area contributed by atoms with Gasteiger partial charge < -0.3 is 9.29 Å². The quantitative estimate of drug-likeness (QED) is 0.746. The minimum atomic E-state index is -4.09. The number of phenolic OH excluding ortho intramolecular Hbond substituents is 1. The van der Waals surface area contributed by atoms with Crippen molar-refractivity contribution in [1.29, 1.82) is 0 Å². The van der Waals surface area contributed by atoms with Crippen molar-refractivity contribution >= 4 is 21.0 Å². The van der Waals surface area contributed by atoms with Crippen molar-refractivity contribution in [2.75, 3.05) is 0 Å². The monoisotopic (exact) mass is 329 g/mol. The number of para-hydroxylation sites is 1. The predicted molar refractivity (Wildman–Crippen MR) is 87.1 cm³/mol. The Morgan fingerprint density at radius 3 is 2.52 bits per heavy atom. The van der Waals surface area contributed by atoms with Gasteiger partial charge in [0.05, 0.1) is 5.52 Å². The fourth-order valence-corrected chi connectivity index (χ4v) is 3.49. The second kappa shape index (κ2) is 5.55. The number of benzene rings is 2. The highest BCUT2D eigenvalue weighted by atomic mass is 32.2. The van der Waals surface area contributed by atoms with Crippen molar-refractivity contribution in [3.05, 3.63) is 59.7 Å². The highest BCUT2D eigenvalue weighted by Crippen LogP contribution is 2.26. The van der Waals surface area contributed by atoms with Gasteiger partial charge in [-0.15, -0.1) is 0 Å². The van der Waals surface area contributed by atoms with Crippen LogP contribution in [-0.2, 0) is 10.1 Å². The number of hydrogen-bond donors (Lipinski definition) is 1. The number of pyridine rings is 1. The normalized spacial score (nSPS) is 11.6. The molecule has 0 aliphatic heterocycles. The van der Waals surface area contributed by atoms with Gasteiger partial charge in [-0.05, 0) is 49.2 Å². The van der Waals surface area contributed by atoms with Gasteiger partial charge in [0.15, 0.2) is 5.03 Å². The molecular formula is C17H15NO4S. The first-order chi connectivity index (χ1) is 10.8. The van der Waals surface area contributed by atoms with Gasteiger partial charge in [-0.2, -0.15) is 8.42 Å². The van der Waals surface area contributed by atoms with Crippen LogP contribution in [-0.4, -0.2) is 18.5 Å². The zero-order chi connectivity index (χ0) is 16.6. The summed E-state index contributed by atoms with van der Waals surface area (Å²) in [7, 11) is -4.09. The molecule has 0 fully saturated rings. The molecule has 3 aromatic rings. The second-order valence-corrected chi connectivity index (χ2v) is 6.81. The van der Waals surface area contributed by atoms with Gasteiger partial charge in [-0.1, -0.05) is 18.2 Å². The maximum Gasteiger partial charge on any atom is 0.357 e. The first kappa shape index (κ1) is 15.3. The van der Waals surface area contributed by atoms with E-state index in [1.807, 2.05) is 12.1 Å². The molecule has 5 nitrogen and oxygen atoms in total. The van der Waals surface area contributed by atoms with Crippen molar-refractivity contribution in [2.24, 2.45) is 0 Å². The number of aromatic hydroxyl groups is 1. The lowest BCUT2D eigenvalue weighted by atomic mass is 10.2. The third-order valence-electron chi connectivity index (χ3n) is 3.35. The molecule has 0 bridgehead atoms. The summed E-state index contributed by atoms with van der Waals surface area (Å²) in [6.45, 7) is 3.40. The summed E-state index contributed by atoms with van der Waals surface area (Å²) in [5.74, 6) is -0.00440. The average molecular weight is 329 g/mol. The Kier molecular flexibility index (Phi) is 3.69. The Labute approximate surface area is 134 Å². The van der Waals surface area contributed by atoms with E-state index in [0.717, 1.165) is 5.39 Å². The van der Waals surface area contributed by atoms with Crippen LogP contribution in [0.5, 0.6) is 11.5 Å². The van der Waals surface area contributed by atoms with Gasteiger partial charge in [0, 0.05) is 11.5 Å². The van der Waals surface area contributed by atoms with Crippen molar-refractivity contribution in [3.8, 4) is 11.5 Å². The summed E-state index contributed by atoms with van der Waals surface area (Å²) in [4.78, 5) is 4.21. The highest BCUT2D eigenvalue weighted by Gasteiger charge is 2.22. The smallest absolute Gasteiger partial charge is 0.357 e. The first-order valence-corrected chi connectivity index (χ1v) is 8.37. The molecule has 3 rings (SSSR count). The van der Waals surface area contributed by atoms with Gasteiger partial charge >= 0.3 is 10.1 Å². The molecule has 0 aliphatic carbocycles. The molecule has 6 heteroatoms. The lowest BCUT2D eigenvalue weighted by Crippen LogP contribution is -2.13. The van der Waals surface area contributed by atoms with Crippen LogP contribution >= 0.6 is 0 Å². The third kappa shape index (κ3) is 3.12. The summed E-state index contributed by atoms with van der Waals surface area (Å²) < 4.78 is 30.2. The maximum atomic E-state index is 12.5. The molecule has 2 aromatic carbocycles. The number of fused-ring (bicyclic) bond motifs is 1. The highest BCUT2D eigenvalue weighted by molar-refractivity contribution is 7.87. The Bertz CT molecular complexity index is 976. The molecule has 0 amide bonds. The topological polar surface area (TPSA) is 76.5 Å². The summed E-state index contributed by atoms with van der Waals surface area (Å²) in [6, 6.07) is 13.3. The fraction of sp³-hybridized carbons (Fsp3) is 0.118. The fourth-order valence-electron chi connectivity index (χ4n) is 2.40. The van der Waals surface area contributed by atoms with E-state index in [9.17, 15) is 13.5 Å². The van der Waals surface area contributed by atoms with E-state index < -0.39 is 10.1 Å². The standard InChI is InChI=1S/C17H15NO4S/c1-11-7-14(19)10-15(8-11)22-23(20,21)17-12(2)9-13-5-3-4-6-16(13)18-17/h3-10,19H,1-2H3. The molecule has 1 aromatic heterocycles. The molecule has 0 unspecified atom stereocenters. The van der Waals surface area contributed by atoms with Crippen LogP contribution < -0.4 is 4.18 Å². The van der Waals surface area contributed by atoms with Gasteiger partial charge in [-0.3, -0.25) is 0 Å². The summed E-state index contributed by atoms with van der Waals surface area (Å²) in [5, 5.41) is 10.3. The van der Waals surface area contributed by atoms with Crippen LogP contribution in [0, 0.1) is 13.8 Å². The molecule has 0 saturated heterocycles. The molecule has 0 spiro atoms. The molecule has 1 heterocycles. The predicted octanol–water partition coefficient (Wildman–Crippen LogP) is 3.32. The lowest BCUT2D eigenvalue weighted by molar-refractivity contribution is 0.461. The largest absolute Gasteiger partial charge is 0.508 e. The van der Waals surface area contributed by atoms with E-state index in [-0.39, 0.29) is 16.5 Å². The minimum absolute atomic E-state index is 0.0526. The molecular weight excluding hydrogens is 314 g/mol. The molecule has 23 heavy (non-hydrogen) atoms. The Balaban J connectivity index is 2.07. The lowest BCUT2D eigenvalue weighted by Gasteiger charge is -2.10. The summed E-state index contributed by atoms with van der Waals surface area (Å²) in [5.41, 5.74) is 1.77. The average Bonchev–Trinajstić information content (AvgIpc) is 2.44. The van der Waals surface area contributed by atoms with Gasteiger partial charge in [0.2, 0.25) is 0 Å². The van der Waals surface area contributed by atoms with E-state index in [4.69, 9.17) is 4.18 Å². The van der Waals surface area contributed by atoms with Crippen molar-refractivity contribution < 1.29 is 17.7 Å². The Morgan fingerprint density at radius 1 is 1.04 bits per heavy atom. The Hall–Kier alpha value is -2.60. The number of aryl methyl sites for hydroxylation is 2. The SMILES string of the molecule is Cc1cc(O)cc(OS(=O)(=O)c2nc3ccccc3cc2C)c1. The Morgan fingerprint density at radius 2 is 1.78 bits per heavy atom. The number of rotatable bonds is 3. The maximum absolute atomic E-state index is 12.5. The third-order valence-corrected chi connectivity index (χ3v) is 4.65. The number of aromatic nitrogens is 1. The van der Waals surface area contributed by atoms with Crippen LogP contribution in [0.4, 0.5) is 0 Å². The van der Waals surface area contributed by atoms with Crippen LogP contribution in [0.1, 0.15) is 11.1 Å². The zero-order valence-electron chi connectivity index (χ0n) is 12.6. The second-order valence-electron chi connectivity index (χ2n) is 5.34. The van der Waals surface area contributed by atoms with Crippen LogP contribution in [0.2, 0.25) is 0 Å². The van der Waals surface area contributed by atoms with Crippen molar-refractivity contribution in [1.82, 2.24) is 4.98 Å². The van der Waals surface area contributed by atoms with Gasteiger partial charge in [0.1, 0.15) is 11.5 Å². The number of hydrogen-bond acceptors (Lipinski definition) is 5. The van der Waals surface area contributed by atoms with E-state index in [0.29, 0.717) is 16.6 Å². The molecule has 0 radical (unpaired) electrons. The van der Waals surface area contributed by atoms with E-state index >= 15 is 0 Å². The van der Waals surface area contributed by atoms with Crippen LogP contribution in [0.15, 0.2) is 53.6 Å². The molecule has 0 aliphatic rings. The van der Waals surface area contributed by atoms with Crippen molar-refractivity contribution in [3.63, 3.8) is 0 Å². The van der Waals surface area contributed by atoms with Crippen LogP contribution in [0.3, 0.4) is 0 Å². The zero-order valence-corrected chi connectivity index (χ0v) is 13.5. The molecule has 1 N–H and O–H groups in total. The number of phenols is 1. The van der Waals surface area contributed by atoms with Gasteiger partial charge in [0.25, 0.3) is 0 Å². The number of nitrogens with zero attached hydrogens (tertiary/aromatic N) is 1. The summed E-state index contributed by atoms with van der Waals surface area (Å²) >= 11 is 0. The molecule has 0 atom stereocenters. The minimum Gasteiger partial charge on any atom is -0.508 e.